The second-order valence-corrected chi connectivity index (χ2v) is 10.1. The molecule has 0 unspecified atom stereocenters. The molecule has 0 aliphatic carbocycles. The van der Waals surface area contributed by atoms with Gasteiger partial charge in [-0.25, -0.2) is 8.42 Å². The summed E-state index contributed by atoms with van der Waals surface area (Å²) in [5.41, 5.74) is 2.49. The van der Waals surface area contributed by atoms with E-state index in [1.165, 1.54) is 12.1 Å². The Morgan fingerprint density at radius 2 is 1.38 bits per heavy atom. The summed E-state index contributed by atoms with van der Waals surface area (Å²) in [6.07, 6.45) is 0.712. The zero-order valence-corrected chi connectivity index (χ0v) is 21.4. The van der Waals surface area contributed by atoms with E-state index < -0.39 is 15.9 Å². The van der Waals surface area contributed by atoms with Crippen LogP contribution in [0.5, 0.6) is 5.75 Å². The van der Waals surface area contributed by atoms with Gasteiger partial charge in [-0.1, -0.05) is 60.7 Å². The van der Waals surface area contributed by atoms with Crippen molar-refractivity contribution in [3.8, 4) is 5.75 Å². The predicted molar refractivity (Wildman–Crippen MR) is 149 cm³/mol. The summed E-state index contributed by atoms with van der Waals surface area (Å²) < 4.78 is 33.6. The lowest BCUT2D eigenvalue weighted by atomic mass is 10.1. The third-order valence-corrected chi connectivity index (χ3v) is 6.90. The number of nitrogens with one attached hydrogen (secondary N) is 3. The minimum atomic E-state index is -3.74. The summed E-state index contributed by atoms with van der Waals surface area (Å²) in [4.78, 5) is 12.9. The average molecular weight is 532 g/mol. The van der Waals surface area contributed by atoms with Crippen LogP contribution in [0.4, 0.5) is 11.4 Å². The fourth-order valence-corrected chi connectivity index (χ4v) is 4.74. The van der Waals surface area contributed by atoms with Gasteiger partial charge in [0.15, 0.2) is 5.11 Å². The lowest BCUT2D eigenvalue weighted by Gasteiger charge is -2.13. The van der Waals surface area contributed by atoms with Crippen LogP contribution in [0.1, 0.15) is 15.9 Å². The zero-order valence-electron chi connectivity index (χ0n) is 19.8. The van der Waals surface area contributed by atoms with E-state index >= 15 is 0 Å². The van der Waals surface area contributed by atoms with Crippen molar-refractivity contribution in [1.82, 2.24) is 5.32 Å². The zero-order chi connectivity index (χ0) is 26.1. The highest BCUT2D eigenvalue weighted by Gasteiger charge is 2.16. The van der Waals surface area contributed by atoms with E-state index in [9.17, 15) is 13.2 Å². The highest BCUT2D eigenvalue weighted by molar-refractivity contribution is 7.92. The number of carbonyl (C=O) groups excluding carboxylic acids is 1. The number of rotatable bonds is 9. The monoisotopic (exact) mass is 531 g/mol. The maximum Gasteiger partial charge on any atom is 0.261 e. The fraction of sp³-hybridized carbons (Fsp3) is 0.0714. The second-order valence-electron chi connectivity index (χ2n) is 7.98. The molecule has 0 aromatic heterocycles. The molecule has 0 radical (unpaired) electrons. The van der Waals surface area contributed by atoms with Crippen LogP contribution in [0.2, 0.25) is 0 Å². The molecule has 0 fully saturated rings. The van der Waals surface area contributed by atoms with Gasteiger partial charge in [-0.15, -0.1) is 0 Å². The Labute approximate surface area is 221 Å². The van der Waals surface area contributed by atoms with E-state index in [2.05, 4.69) is 15.4 Å². The Morgan fingerprint density at radius 3 is 2.08 bits per heavy atom. The number of hydrogen-bond acceptors (Lipinski definition) is 5. The van der Waals surface area contributed by atoms with E-state index in [4.69, 9.17) is 17.0 Å². The smallest absolute Gasteiger partial charge is 0.261 e. The number of benzene rings is 4. The van der Waals surface area contributed by atoms with Gasteiger partial charge in [0.25, 0.3) is 15.9 Å². The molecule has 9 heteroatoms. The predicted octanol–water partition coefficient (Wildman–Crippen LogP) is 5.24. The summed E-state index contributed by atoms with van der Waals surface area (Å²) in [6.45, 7) is 0.422. The highest BCUT2D eigenvalue weighted by Crippen LogP contribution is 2.20. The average Bonchev–Trinajstić information content (AvgIpc) is 2.90. The summed E-state index contributed by atoms with van der Waals surface area (Å²) in [5.74, 6) is 0.0401. The van der Waals surface area contributed by atoms with Crippen molar-refractivity contribution in [2.75, 3.05) is 16.6 Å². The minimum absolute atomic E-state index is 0.0714. The number of para-hydroxylation sites is 2. The summed E-state index contributed by atoms with van der Waals surface area (Å²) >= 11 is 5.29. The van der Waals surface area contributed by atoms with E-state index in [-0.39, 0.29) is 10.0 Å². The molecule has 0 aliphatic heterocycles. The third-order valence-electron chi connectivity index (χ3n) is 5.30. The largest absolute Gasteiger partial charge is 0.492 e. The Bertz CT molecular complexity index is 1460. The molecule has 0 spiro atoms. The minimum Gasteiger partial charge on any atom is -0.492 e. The number of sulfonamides is 1. The lowest BCUT2D eigenvalue weighted by Crippen LogP contribution is -2.34. The van der Waals surface area contributed by atoms with Crippen molar-refractivity contribution < 1.29 is 17.9 Å². The van der Waals surface area contributed by atoms with Crippen molar-refractivity contribution in [1.29, 1.82) is 0 Å². The third kappa shape index (κ3) is 7.39. The first-order valence-corrected chi connectivity index (χ1v) is 13.4. The number of hydrogen-bond donors (Lipinski definition) is 3. The van der Waals surface area contributed by atoms with Crippen molar-refractivity contribution in [2.45, 2.75) is 11.3 Å². The fourth-order valence-electron chi connectivity index (χ4n) is 3.47. The lowest BCUT2D eigenvalue weighted by molar-refractivity contribution is 0.0974. The molecule has 4 aromatic rings. The quantitative estimate of drug-likeness (QED) is 0.256. The number of anilines is 2. The Balaban J connectivity index is 1.33. The number of amides is 1. The van der Waals surface area contributed by atoms with E-state index in [0.717, 1.165) is 5.56 Å². The van der Waals surface area contributed by atoms with Crippen LogP contribution >= 0.6 is 12.2 Å². The van der Waals surface area contributed by atoms with Crippen LogP contribution in [-0.2, 0) is 16.4 Å². The van der Waals surface area contributed by atoms with Crippen LogP contribution in [0.15, 0.2) is 114 Å². The molecule has 1 amide bonds. The van der Waals surface area contributed by atoms with Crippen LogP contribution < -0.4 is 20.1 Å². The van der Waals surface area contributed by atoms with Crippen molar-refractivity contribution in [2.24, 2.45) is 0 Å². The van der Waals surface area contributed by atoms with Gasteiger partial charge in [0.2, 0.25) is 0 Å². The Morgan fingerprint density at radius 1 is 0.757 bits per heavy atom. The van der Waals surface area contributed by atoms with E-state index in [1.54, 1.807) is 66.7 Å². The van der Waals surface area contributed by atoms with Gasteiger partial charge in [0.05, 0.1) is 17.1 Å². The van der Waals surface area contributed by atoms with Crippen LogP contribution in [-0.4, -0.2) is 26.0 Å². The van der Waals surface area contributed by atoms with Crippen molar-refractivity contribution in [3.05, 3.63) is 120 Å². The molecule has 0 bridgehead atoms. The number of ether oxygens (including phenoxy) is 1. The van der Waals surface area contributed by atoms with Crippen LogP contribution in [0.25, 0.3) is 0 Å². The van der Waals surface area contributed by atoms with Gasteiger partial charge in [-0.05, 0) is 66.3 Å². The van der Waals surface area contributed by atoms with Crippen molar-refractivity contribution in [3.63, 3.8) is 0 Å². The number of thiocarbonyl (C=S) groups is 1. The molecular formula is C28H25N3O4S2. The maximum atomic E-state index is 12.9. The van der Waals surface area contributed by atoms with E-state index in [0.29, 0.717) is 35.7 Å². The molecule has 0 aliphatic rings. The molecule has 37 heavy (non-hydrogen) atoms. The van der Waals surface area contributed by atoms with Crippen molar-refractivity contribution >= 4 is 44.6 Å². The number of carbonyl (C=O) groups is 1. The van der Waals surface area contributed by atoms with Gasteiger partial charge < -0.3 is 10.1 Å². The van der Waals surface area contributed by atoms with Crippen LogP contribution in [0, 0.1) is 0 Å². The molecular weight excluding hydrogens is 506 g/mol. The summed E-state index contributed by atoms with van der Waals surface area (Å²) in [6, 6.07) is 31.6. The van der Waals surface area contributed by atoms with E-state index in [1.807, 2.05) is 30.3 Å². The standard InChI is InChI=1S/C28H25N3O4S2/c32-27(25-13-7-8-14-26(25)35-20-19-21-9-3-1-4-10-21)30-28(36)29-22-15-17-24(18-16-22)37(33,34)31-23-11-5-2-6-12-23/h1-18,31H,19-20H2,(H2,29,30,32,36). The molecule has 0 heterocycles. The van der Waals surface area contributed by atoms with Crippen LogP contribution in [0.3, 0.4) is 0 Å². The topological polar surface area (TPSA) is 96.5 Å². The summed E-state index contributed by atoms with van der Waals surface area (Å²) in [5, 5.41) is 5.61. The van der Waals surface area contributed by atoms with Gasteiger partial charge in [0, 0.05) is 17.8 Å². The van der Waals surface area contributed by atoms with Gasteiger partial charge in [0.1, 0.15) is 5.75 Å². The Kier molecular flexibility index (Phi) is 8.50. The molecule has 4 aromatic carbocycles. The molecule has 4 rings (SSSR count). The van der Waals surface area contributed by atoms with Gasteiger partial charge >= 0.3 is 0 Å². The molecule has 0 saturated heterocycles. The second kappa shape index (κ2) is 12.2. The molecule has 188 valence electrons. The van der Waals surface area contributed by atoms with Gasteiger partial charge in [-0.2, -0.15) is 0 Å². The summed E-state index contributed by atoms with van der Waals surface area (Å²) in [7, 11) is -3.74. The molecule has 3 N–H and O–H groups in total. The first kappa shape index (κ1) is 25.9. The first-order valence-electron chi connectivity index (χ1n) is 11.5. The normalized spacial score (nSPS) is 10.8. The maximum absolute atomic E-state index is 12.9. The van der Waals surface area contributed by atoms with Gasteiger partial charge in [-0.3, -0.25) is 14.8 Å². The first-order chi connectivity index (χ1) is 17.9. The SMILES string of the molecule is O=C(NC(=S)Nc1ccc(S(=O)(=O)Nc2ccccc2)cc1)c1ccccc1OCCc1ccccc1. The highest BCUT2D eigenvalue weighted by atomic mass is 32.2. The molecule has 7 nitrogen and oxygen atoms in total. The molecule has 0 saturated carbocycles. The molecule has 0 atom stereocenters. The Hall–Kier alpha value is -4.21.